The van der Waals surface area contributed by atoms with Crippen LogP contribution in [0.25, 0.3) is 0 Å². The van der Waals surface area contributed by atoms with Crippen molar-refractivity contribution in [1.82, 2.24) is 0 Å². The van der Waals surface area contributed by atoms with Crippen LogP contribution in [0.2, 0.25) is 0 Å². The lowest BCUT2D eigenvalue weighted by Crippen LogP contribution is -2.30. The number of allylic oxidation sites excluding steroid dienone is 18. The molecule has 0 rings (SSSR count). The van der Waals surface area contributed by atoms with E-state index < -0.39 is 6.10 Å². The summed E-state index contributed by atoms with van der Waals surface area (Å²) in [5.41, 5.74) is 0. The van der Waals surface area contributed by atoms with Crippen molar-refractivity contribution in [2.45, 2.75) is 232 Å². The summed E-state index contributed by atoms with van der Waals surface area (Å²) < 4.78 is 17.4. The van der Waals surface area contributed by atoms with Crippen molar-refractivity contribution in [1.29, 1.82) is 0 Å². The Labute approximate surface area is 395 Å². The highest BCUT2D eigenvalue weighted by Crippen LogP contribution is 2.14. The number of carbonyl (C=O) groups excluding carboxylic acids is 2. The summed E-state index contributed by atoms with van der Waals surface area (Å²) >= 11 is 0. The van der Waals surface area contributed by atoms with E-state index in [1.807, 2.05) is 0 Å². The summed E-state index contributed by atoms with van der Waals surface area (Å²) in [4.78, 5) is 25.4. The maximum absolute atomic E-state index is 12.8. The Morgan fingerprint density at radius 1 is 0.359 bits per heavy atom. The molecule has 0 aliphatic rings. The van der Waals surface area contributed by atoms with E-state index in [1.54, 1.807) is 0 Å². The van der Waals surface area contributed by atoms with Gasteiger partial charge in [0.15, 0.2) is 6.10 Å². The van der Waals surface area contributed by atoms with Crippen molar-refractivity contribution in [3.05, 3.63) is 109 Å². The first-order valence-electron chi connectivity index (χ1n) is 26.4. The van der Waals surface area contributed by atoms with E-state index in [9.17, 15) is 9.59 Å². The van der Waals surface area contributed by atoms with Gasteiger partial charge in [-0.15, -0.1) is 0 Å². The van der Waals surface area contributed by atoms with Gasteiger partial charge in [-0.3, -0.25) is 9.59 Å². The number of hydrogen-bond acceptors (Lipinski definition) is 5. The molecule has 0 aromatic carbocycles. The molecular formula is C59H98O5. The molecule has 1 atom stereocenters. The SMILES string of the molecule is CC/C=C\C/C=C\C/C=C\C/C=C\C/C=C\CCCC(=O)OCC(COCCCCCCC/C=C\C/C=C\C/C=C\C/C=C\CC)OC(=O)CCCCCCCCCCCCCCC. The highest BCUT2D eigenvalue weighted by molar-refractivity contribution is 5.70. The number of esters is 2. The lowest BCUT2D eigenvalue weighted by Gasteiger charge is -2.18. The molecule has 0 N–H and O–H groups in total. The zero-order chi connectivity index (χ0) is 46.3. The third-order valence-corrected chi connectivity index (χ3v) is 10.8. The van der Waals surface area contributed by atoms with Gasteiger partial charge in [0.2, 0.25) is 0 Å². The van der Waals surface area contributed by atoms with Gasteiger partial charge in [-0.05, 0) is 96.3 Å². The summed E-state index contributed by atoms with van der Waals surface area (Å²) in [6.45, 7) is 7.50. The molecule has 0 aromatic rings. The first kappa shape index (κ1) is 60.6. The molecule has 0 fully saturated rings. The number of ether oxygens (including phenoxy) is 3. The topological polar surface area (TPSA) is 61.8 Å². The van der Waals surface area contributed by atoms with Crippen molar-refractivity contribution in [2.24, 2.45) is 0 Å². The third kappa shape index (κ3) is 51.2. The molecule has 1 unspecified atom stereocenters. The van der Waals surface area contributed by atoms with E-state index in [1.165, 1.54) is 83.5 Å². The smallest absolute Gasteiger partial charge is 0.306 e. The first-order chi connectivity index (χ1) is 31.6. The zero-order valence-corrected chi connectivity index (χ0v) is 41.8. The molecule has 5 nitrogen and oxygen atoms in total. The van der Waals surface area contributed by atoms with Crippen LogP contribution in [0, 0.1) is 0 Å². The molecule has 64 heavy (non-hydrogen) atoms. The van der Waals surface area contributed by atoms with Crippen LogP contribution in [0.4, 0.5) is 0 Å². The maximum Gasteiger partial charge on any atom is 0.306 e. The molecular weight excluding hydrogens is 789 g/mol. The molecule has 0 spiro atoms. The second-order valence-electron chi connectivity index (χ2n) is 17.0. The van der Waals surface area contributed by atoms with Crippen LogP contribution in [-0.2, 0) is 23.8 Å². The fourth-order valence-electron chi connectivity index (χ4n) is 6.95. The lowest BCUT2D eigenvalue weighted by molar-refractivity contribution is -0.163. The number of hydrogen-bond donors (Lipinski definition) is 0. The standard InChI is InChI=1S/C59H98O5/c1-4-7-10-13-16-19-22-25-27-29-31-33-36-39-42-45-48-51-54-62-55-57(64-59(61)53-50-47-44-41-38-34-24-21-18-15-12-9-6-3)56-63-58(60)52-49-46-43-40-37-35-32-30-28-26-23-20-17-14-11-8-5-2/h7-8,10-11,16-17,19-20,25-28,31-33,35,40,43,57H,4-6,9,12-15,18,21-24,29-30,34,36-39,41-42,44-56H2,1-3H3/b10-7-,11-8-,19-16-,20-17-,27-25-,28-26-,33-31-,35-32-,43-40-. The van der Waals surface area contributed by atoms with Gasteiger partial charge < -0.3 is 14.2 Å². The Morgan fingerprint density at radius 2 is 0.719 bits per heavy atom. The summed E-state index contributed by atoms with van der Waals surface area (Å²) in [5.74, 6) is -0.477. The lowest BCUT2D eigenvalue weighted by atomic mass is 10.0. The molecule has 364 valence electrons. The summed E-state index contributed by atoms with van der Waals surface area (Å²) in [7, 11) is 0. The van der Waals surface area contributed by atoms with Crippen LogP contribution in [0.3, 0.4) is 0 Å². The Kier molecular flexibility index (Phi) is 51.0. The monoisotopic (exact) mass is 887 g/mol. The van der Waals surface area contributed by atoms with Gasteiger partial charge in [-0.2, -0.15) is 0 Å². The molecule has 0 aliphatic carbocycles. The Hall–Kier alpha value is -3.44. The zero-order valence-electron chi connectivity index (χ0n) is 41.8. The highest BCUT2D eigenvalue weighted by Gasteiger charge is 2.17. The Morgan fingerprint density at radius 3 is 1.17 bits per heavy atom. The second kappa shape index (κ2) is 53.9. The van der Waals surface area contributed by atoms with Gasteiger partial charge in [0.1, 0.15) is 6.61 Å². The molecule has 0 bridgehead atoms. The fraction of sp³-hybridized carbons (Fsp3) is 0.661. The van der Waals surface area contributed by atoms with E-state index in [4.69, 9.17) is 14.2 Å². The molecule has 0 saturated heterocycles. The van der Waals surface area contributed by atoms with Crippen LogP contribution < -0.4 is 0 Å². The molecule has 0 amide bonds. The van der Waals surface area contributed by atoms with Gasteiger partial charge in [-0.1, -0.05) is 226 Å². The maximum atomic E-state index is 12.8. The quantitative estimate of drug-likeness (QED) is 0.0346. The van der Waals surface area contributed by atoms with Crippen molar-refractivity contribution >= 4 is 11.9 Å². The Balaban J connectivity index is 4.40. The van der Waals surface area contributed by atoms with Gasteiger partial charge in [0, 0.05) is 19.4 Å². The number of rotatable bonds is 47. The summed E-state index contributed by atoms with van der Waals surface area (Å²) in [6, 6.07) is 0. The average Bonchev–Trinajstić information content (AvgIpc) is 3.30. The predicted octanol–water partition coefficient (Wildman–Crippen LogP) is 18.0. The van der Waals surface area contributed by atoms with Crippen molar-refractivity contribution < 1.29 is 23.8 Å². The first-order valence-corrected chi connectivity index (χ1v) is 26.4. The molecule has 0 radical (unpaired) electrons. The summed E-state index contributed by atoms with van der Waals surface area (Å²) in [5, 5.41) is 0. The van der Waals surface area contributed by atoms with Crippen LogP contribution in [0.1, 0.15) is 226 Å². The minimum atomic E-state index is -0.574. The van der Waals surface area contributed by atoms with Crippen LogP contribution >= 0.6 is 0 Å². The third-order valence-electron chi connectivity index (χ3n) is 10.8. The Bertz CT molecular complexity index is 1280. The van der Waals surface area contributed by atoms with Crippen LogP contribution in [-0.4, -0.2) is 37.9 Å². The molecule has 5 heteroatoms. The van der Waals surface area contributed by atoms with Crippen LogP contribution in [0.15, 0.2) is 109 Å². The van der Waals surface area contributed by atoms with E-state index >= 15 is 0 Å². The van der Waals surface area contributed by atoms with Gasteiger partial charge in [0.25, 0.3) is 0 Å². The second-order valence-corrected chi connectivity index (χ2v) is 17.0. The van der Waals surface area contributed by atoms with Gasteiger partial charge in [0.05, 0.1) is 6.61 Å². The van der Waals surface area contributed by atoms with Crippen molar-refractivity contribution in [3.63, 3.8) is 0 Å². The van der Waals surface area contributed by atoms with E-state index in [0.717, 1.165) is 109 Å². The minimum Gasteiger partial charge on any atom is -0.462 e. The van der Waals surface area contributed by atoms with Gasteiger partial charge >= 0.3 is 11.9 Å². The fourth-order valence-corrected chi connectivity index (χ4v) is 6.95. The molecule has 0 aliphatic heterocycles. The van der Waals surface area contributed by atoms with Crippen LogP contribution in [0.5, 0.6) is 0 Å². The number of unbranched alkanes of at least 4 members (excludes halogenated alkanes) is 18. The predicted molar refractivity (Wildman–Crippen MR) is 279 cm³/mol. The molecule has 0 saturated carbocycles. The van der Waals surface area contributed by atoms with E-state index in [0.29, 0.717) is 19.4 Å². The number of carbonyl (C=O) groups is 2. The van der Waals surface area contributed by atoms with Crippen molar-refractivity contribution in [2.75, 3.05) is 19.8 Å². The van der Waals surface area contributed by atoms with E-state index in [-0.39, 0.29) is 25.2 Å². The normalized spacial score (nSPS) is 13.1. The minimum absolute atomic E-state index is 0.0438. The van der Waals surface area contributed by atoms with Crippen molar-refractivity contribution in [3.8, 4) is 0 Å². The van der Waals surface area contributed by atoms with Gasteiger partial charge in [-0.25, -0.2) is 0 Å². The average molecular weight is 887 g/mol. The largest absolute Gasteiger partial charge is 0.462 e. The summed E-state index contributed by atoms with van der Waals surface area (Å²) in [6.07, 6.45) is 73.9. The highest BCUT2D eigenvalue weighted by atomic mass is 16.6. The molecule has 0 aromatic heterocycles. The van der Waals surface area contributed by atoms with E-state index in [2.05, 4.69) is 130 Å². The molecule has 0 heterocycles.